The van der Waals surface area contributed by atoms with Crippen molar-refractivity contribution >= 4 is 39.5 Å². The monoisotopic (exact) mass is 1300 g/mol. The second-order valence-corrected chi connectivity index (χ2v) is 28.3. The molecule has 0 aliphatic carbocycles. The van der Waals surface area contributed by atoms with E-state index in [0.29, 0.717) is 25.7 Å². The average Bonchev–Trinajstić information content (AvgIpc) is 3.60. The number of hydrogen-bond acceptors (Lipinski definition) is 15. The number of phosphoric ester groups is 2. The zero-order valence-electron chi connectivity index (χ0n) is 56.9. The molecule has 0 fully saturated rings. The summed E-state index contributed by atoms with van der Waals surface area (Å²) in [7, 11) is -9.89. The number of aliphatic hydroxyl groups excluding tert-OH is 1. The second kappa shape index (κ2) is 62.5. The topological polar surface area (TPSA) is 237 Å². The predicted octanol–water partition coefficient (Wildman–Crippen LogP) is 19.7. The van der Waals surface area contributed by atoms with E-state index >= 15 is 0 Å². The van der Waals surface area contributed by atoms with Crippen molar-refractivity contribution in [2.24, 2.45) is 5.92 Å². The van der Waals surface area contributed by atoms with Gasteiger partial charge in [-0.3, -0.25) is 37.3 Å². The number of hydrogen-bond donors (Lipinski definition) is 3. The molecule has 3 N–H and O–H groups in total. The Morgan fingerprint density at radius 2 is 0.523 bits per heavy atom. The van der Waals surface area contributed by atoms with Crippen LogP contribution in [0.3, 0.4) is 0 Å². The van der Waals surface area contributed by atoms with Gasteiger partial charge in [0, 0.05) is 25.7 Å². The molecule has 0 spiro atoms. The molecule has 19 heteroatoms. The zero-order chi connectivity index (χ0) is 64.9. The molecule has 0 saturated carbocycles. The standard InChI is InChI=1S/C69H134O17P2/c1-6-9-12-15-17-19-21-23-24-26-30-34-38-43-48-53-67(72)80-59-65(86-69(74)55-50-45-40-36-32-28-27-29-33-37-42-46-51-62(4)5)61-84-88(77,78)82-57-63(70)56-81-87(75,76)83-60-64(58-79-66(71)52-47-41-14-11-8-3)85-68(73)54-49-44-39-35-31-25-22-20-18-16-13-10-7-2/h62-65,70H,6-61H2,1-5H3,(H,75,76)(H,77,78)/t63-,64+,65+/m0/s1. The van der Waals surface area contributed by atoms with Crippen molar-refractivity contribution in [2.75, 3.05) is 39.6 Å². The zero-order valence-corrected chi connectivity index (χ0v) is 58.6. The number of carbonyl (C=O) groups is 4. The number of unbranched alkanes of at least 4 members (excludes halogenated alkanes) is 41. The van der Waals surface area contributed by atoms with E-state index in [-0.39, 0.29) is 25.7 Å². The average molecular weight is 1300 g/mol. The maximum absolute atomic E-state index is 13.0. The lowest BCUT2D eigenvalue weighted by molar-refractivity contribution is -0.161. The van der Waals surface area contributed by atoms with Gasteiger partial charge >= 0.3 is 39.5 Å². The Bertz CT molecular complexity index is 1700. The summed E-state index contributed by atoms with van der Waals surface area (Å²) in [5, 5.41) is 10.6. The first-order valence-corrected chi connectivity index (χ1v) is 39.1. The molecule has 2 unspecified atom stereocenters. The summed E-state index contributed by atoms with van der Waals surface area (Å²) in [5.74, 6) is -1.36. The van der Waals surface area contributed by atoms with Crippen LogP contribution in [-0.2, 0) is 65.4 Å². The van der Waals surface area contributed by atoms with Gasteiger partial charge in [0.1, 0.15) is 19.3 Å². The van der Waals surface area contributed by atoms with E-state index in [4.69, 9.17) is 37.0 Å². The smallest absolute Gasteiger partial charge is 0.462 e. The molecule has 0 aliphatic heterocycles. The van der Waals surface area contributed by atoms with Crippen molar-refractivity contribution in [2.45, 2.75) is 374 Å². The molecule has 0 bridgehead atoms. The summed E-state index contributed by atoms with van der Waals surface area (Å²) in [5.41, 5.74) is 0. The first-order chi connectivity index (χ1) is 42.5. The van der Waals surface area contributed by atoms with Gasteiger partial charge < -0.3 is 33.8 Å². The van der Waals surface area contributed by atoms with Crippen LogP contribution in [0.1, 0.15) is 356 Å². The van der Waals surface area contributed by atoms with Crippen LogP contribution < -0.4 is 0 Å². The molecule has 17 nitrogen and oxygen atoms in total. The molecule has 0 aromatic rings. The molecule has 0 aromatic carbocycles. The van der Waals surface area contributed by atoms with Gasteiger partial charge in [0.15, 0.2) is 12.2 Å². The highest BCUT2D eigenvalue weighted by molar-refractivity contribution is 7.47. The van der Waals surface area contributed by atoms with Crippen LogP contribution in [0.25, 0.3) is 0 Å². The Morgan fingerprint density at radius 3 is 0.773 bits per heavy atom. The highest BCUT2D eigenvalue weighted by atomic mass is 31.2. The Kier molecular flexibility index (Phi) is 61.1. The lowest BCUT2D eigenvalue weighted by Gasteiger charge is -2.21. The highest BCUT2D eigenvalue weighted by Gasteiger charge is 2.30. The van der Waals surface area contributed by atoms with Crippen LogP contribution in [0, 0.1) is 5.92 Å². The number of ether oxygens (including phenoxy) is 4. The Labute approximate surface area is 537 Å². The Balaban J connectivity index is 5.16. The largest absolute Gasteiger partial charge is 0.472 e. The summed E-state index contributed by atoms with van der Waals surface area (Å²) in [6.07, 6.45) is 48.8. The molecule has 0 amide bonds. The summed E-state index contributed by atoms with van der Waals surface area (Å²) in [4.78, 5) is 72.2. The van der Waals surface area contributed by atoms with Crippen LogP contribution in [0.15, 0.2) is 0 Å². The summed E-state index contributed by atoms with van der Waals surface area (Å²) in [6, 6.07) is 0. The minimum Gasteiger partial charge on any atom is -0.462 e. The van der Waals surface area contributed by atoms with Gasteiger partial charge in [-0.25, -0.2) is 9.13 Å². The molecule has 0 heterocycles. The number of esters is 4. The summed E-state index contributed by atoms with van der Waals surface area (Å²) in [6.45, 7) is 7.17. The second-order valence-electron chi connectivity index (χ2n) is 25.4. The fourth-order valence-corrected chi connectivity index (χ4v) is 12.0. The van der Waals surface area contributed by atoms with Gasteiger partial charge in [-0.05, 0) is 31.6 Å². The summed E-state index contributed by atoms with van der Waals surface area (Å²) < 4.78 is 68.1. The van der Waals surface area contributed by atoms with Gasteiger partial charge in [-0.15, -0.1) is 0 Å². The van der Waals surface area contributed by atoms with Crippen molar-refractivity contribution in [1.29, 1.82) is 0 Å². The first-order valence-electron chi connectivity index (χ1n) is 36.1. The molecule has 0 aromatic heterocycles. The number of phosphoric acid groups is 2. The molecule has 522 valence electrons. The molecule has 0 rings (SSSR count). The normalized spacial score (nSPS) is 14.1. The molecule has 0 aliphatic rings. The van der Waals surface area contributed by atoms with E-state index in [9.17, 15) is 43.2 Å². The Hall–Kier alpha value is -1.94. The minimum absolute atomic E-state index is 0.107. The van der Waals surface area contributed by atoms with Crippen molar-refractivity contribution in [3.63, 3.8) is 0 Å². The van der Waals surface area contributed by atoms with E-state index < -0.39 is 97.5 Å². The van der Waals surface area contributed by atoms with Gasteiger partial charge in [0.25, 0.3) is 0 Å². The van der Waals surface area contributed by atoms with Crippen LogP contribution in [0.4, 0.5) is 0 Å². The fourth-order valence-electron chi connectivity index (χ4n) is 10.5. The Morgan fingerprint density at radius 1 is 0.307 bits per heavy atom. The first kappa shape index (κ1) is 86.1. The minimum atomic E-state index is -4.95. The SMILES string of the molecule is CCCCCCCCCCCCCCCCCC(=O)OC[C@H](COP(=O)(O)OC[C@@H](O)COP(=O)(O)OC[C@@H](COC(=O)CCCCCCC)OC(=O)CCCCCCCCCCCCCCC)OC(=O)CCCCCCCCCCCCCCC(C)C. The van der Waals surface area contributed by atoms with Gasteiger partial charge in [0.2, 0.25) is 0 Å². The van der Waals surface area contributed by atoms with Gasteiger partial charge in [-0.2, -0.15) is 0 Å². The van der Waals surface area contributed by atoms with Gasteiger partial charge in [0.05, 0.1) is 26.4 Å². The molecule has 5 atom stereocenters. The number of carbonyl (C=O) groups excluding carboxylic acids is 4. The summed E-state index contributed by atoms with van der Waals surface area (Å²) >= 11 is 0. The maximum atomic E-state index is 13.0. The lowest BCUT2D eigenvalue weighted by Crippen LogP contribution is -2.30. The van der Waals surface area contributed by atoms with E-state index in [0.717, 1.165) is 102 Å². The van der Waals surface area contributed by atoms with Crippen molar-refractivity contribution in [3.8, 4) is 0 Å². The van der Waals surface area contributed by atoms with E-state index in [2.05, 4.69) is 34.6 Å². The van der Waals surface area contributed by atoms with E-state index in [1.165, 1.54) is 173 Å². The number of aliphatic hydroxyl groups is 1. The lowest BCUT2D eigenvalue weighted by atomic mass is 10.0. The van der Waals surface area contributed by atoms with Crippen LogP contribution in [-0.4, -0.2) is 96.7 Å². The third kappa shape index (κ3) is 62.8. The third-order valence-electron chi connectivity index (χ3n) is 16.0. The molecular weight excluding hydrogens is 1160 g/mol. The van der Waals surface area contributed by atoms with Gasteiger partial charge in [-0.1, -0.05) is 304 Å². The molecular formula is C69H134O17P2. The molecule has 0 radical (unpaired) electrons. The van der Waals surface area contributed by atoms with Crippen molar-refractivity contribution in [1.82, 2.24) is 0 Å². The van der Waals surface area contributed by atoms with Crippen LogP contribution in [0.5, 0.6) is 0 Å². The molecule has 88 heavy (non-hydrogen) atoms. The van der Waals surface area contributed by atoms with Crippen molar-refractivity contribution < 1.29 is 80.2 Å². The van der Waals surface area contributed by atoms with E-state index in [1.807, 2.05) is 0 Å². The third-order valence-corrected chi connectivity index (χ3v) is 17.9. The highest BCUT2D eigenvalue weighted by Crippen LogP contribution is 2.45. The quantitative estimate of drug-likeness (QED) is 0.0222. The number of rotatable bonds is 69. The van der Waals surface area contributed by atoms with Crippen LogP contribution >= 0.6 is 15.6 Å². The fraction of sp³-hybridized carbons (Fsp3) is 0.942. The predicted molar refractivity (Wildman–Crippen MR) is 354 cm³/mol. The van der Waals surface area contributed by atoms with Crippen molar-refractivity contribution in [3.05, 3.63) is 0 Å². The van der Waals surface area contributed by atoms with E-state index in [1.54, 1.807) is 0 Å². The van der Waals surface area contributed by atoms with Crippen LogP contribution in [0.2, 0.25) is 0 Å². The molecule has 0 saturated heterocycles. The maximum Gasteiger partial charge on any atom is 0.472 e.